The van der Waals surface area contributed by atoms with E-state index in [2.05, 4.69) is 4.98 Å². The first-order valence-electron chi connectivity index (χ1n) is 6.61. The van der Waals surface area contributed by atoms with Crippen molar-refractivity contribution < 1.29 is 0 Å². The maximum atomic E-state index is 6.34. The monoisotopic (exact) mass is 382 g/mol. The molecule has 2 N–H and O–H groups in total. The molecular weight excluding hydrogens is 374 g/mol. The van der Waals surface area contributed by atoms with Crippen LogP contribution in [0.4, 0.5) is 5.69 Å². The van der Waals surface area contributed by atoms with Crippen LogP contribution in [0.15, 0.2) is 48.8 Å². The number of aromatic nitrogens is 1. The summed E-state index contributed by atoms with van der Waals surface area (Å²) in [5.74, 6) is 0. The highest BCUT2D eigenvalue weighted by Crippen LogP contribution is 2.40. The van der Waals surface area contributed by atoms with Gasteiger partial charge < -0.3 is 5.73 Å². The van der Waals surface area contributed by atoms with Crippen molar-refractivity contribution in [2.75, 3.05) is 5.73 Å². The van der Waals surface area contributed by atoms with Gasteiger partial charge in [-0.3, -0.25) is 4.98 Å². The zero-order valence-corrected chi connectivity index (χ0v) is 14.7. The van der Waals surface area contributed by atoms with Crippen LogP contribution in [-0.4, -0.2) is 4.98 Å². The molecule has 0 spiro atoms. The molecule has 0 saturated heterocycles. The Morgan fingerprint density at radius 3 is 1.48 bits per heavy atom. The van der Waals surface area contributed by atoms with Crippen molar-refractivity contribution in [3.05, 3.63) is 68.9 Å². The second-order valence-electron chi connectivity index (χ2n) is 4.90. The molecular formula is C17H10Cl4N2. The van der Waals surface area contributed by atoms with Crippen LogP contribution in [0, 0.1) is 0 Å². The van der Waals surface area contributed by atoms with Gasteiger partial charge in [0, 0.05) is 44.7 Å². The molecule has 6 heteroatoms. The summed E-state index contributed by atoms with van der Waals surface area (Å²) >= 11 is 24.4. The zero-order valence-electron chi connectivity index (χ0n) is 11.7. The lowest BCUT2D eigenvalue weighted by Crippen LogP contribution is -1.96. The highest BCUT2D eigenvalue weighted by molar-refractivity contribution is 6.37. The predicted molar refractivity (Wildman–Crippen MR) is 99.6 cm³/mol. The van der Waals surface area contributed by atoms with Crippen LogP contribution in [0.25, 0.3) is 22.3 Å². The molecule has 3 rings (SSSR count). The second kappa shape index (κ2) is 6.58. The van der Waals surface area contributed by atoms with Crippen molar-refractivity contribution in [2.45, 2.75) is 0 Å². The quantitative estimate of drug-likeness (QED) is 0.540. The van der Waals surface area contributed by atoms with E-state index in [9.17, 15) is 0 Å². The van der Waals surface area contributed by atoms with Crippen molar-refractivity contribution in [2.24, 2.45) is 0 Å². The van der Waals surface area contributed by atoms with Crippen LogP contribution in [0.5, 0.6) is 0 Å². The minimum absolute atomic E-state index is 0.505. The fourth-order valence-electron chi connectivity index (χ4n) is 2.32. The first kappa shape index (κ1) is 16.4. The van der Waals surface area contributed by atoms with E-state index < -0.39 is 0 Å². The number of rotatable bonds is 2. The lowest BCUT2D eigenvalue weighted by atomic mass is 9.99. The third-order valence-corrected chi connectivity index (χ3v) is 4.53. The van der Waals surface area contributed by atoms with Crippen LogP contribution >= 0.6 is 46.4 Å². The minimum Gasteiger partial charge on any atom is -0.398 e. The molecule has 0 saturated carbocycles. The number of halogens is 4. The summed E-state index contributed by atoms with van der Waals surface area (Å²) in [6.45, 7) is 0. The van der Waals surface area contributed by atoms with E-state index in [4.69, 9.17) is 52.1 Å². The summed E-state index contributed by atoms with van der Waals surface area (Å²) in [6.07, 6.45) is 3.33. The van der Waals surface area contributed by atoms with Gasteiger partial charge in [-0.15, -0.1) is 0 Å². The molecule has 0 aliphatic heterocycles. The van der Waals surface area contributed by atoms with Crippen molar-refractivity contribution in [3.63, 3.8) is 0 Å². The van der Waals surface area contributed by atoms with Gasteiger partial charge in [0.05, 0.1) is 15.7 Å². The summed E-state index contributed by atoms with van der Waals surface area (Å²) in [5.41, 5.74) is 9.82. The van der Waals surface area contributed by atoms with Crippen molar-refractivity contribution in [3.8, 4) is 22.3 Å². The van der Waals surface area contributed by atoms with E-state index >= 15 is 0 Å². The average molecular weight is 384 g/mol. The SMILES string of the molecule is Nc1c(-c2ccc(Cl)cc2Cl)cncc1-c1ccc(Cl)cc1Cl. The largest absolute Gasteiger partial charge is 0.398 e. The third kappa shape index (κ3) is 3.26. The summed E-state index contributed by atoms with van der Waals surface area (Å²) in [6, 6.07) is 10.5. The van der Waals surface area contributed by atoms with Gasteiger partial charge in [0.2, 0.25) is 0 Å². The normalized spacial score (nSPS) is 10.8. The number of hydrogen-bond donors (Lipinski definition) is 1. The standard InChI is InChI=1S/C17H10Cl4N2/c18-9-1-3-11(15(20)5-9)13-7-23-8-14(17(13)22)12-4-2-10(19)6-16(12)21/h1-8H,(H2,22,23). The summed E-state index contributed by atoms with van der Waals surface area (Å²) < 4.78 is 0. The number of benzene rings is 2. The lowest BCUT2D eigenvalue weighted by molar-refractivity contribution is 1.33. The van der Waals surface area contributed by atoms with Gasteiger partial charge in [0.25, 0.3) is 0 Å². The highest BCUT2D eigenvalue weighted by atomic mass is 35.5. The smallest absolute Gasteiger partial charge is 0.0505 e. The van der Waals surface area contributed by atoms with Crippen LogP contribution in [-0.2, 0) is 0 Å². The van der Waals surface area contributed by atoms with Gasteiger partial charge in [0.1, 0.15) is 0 Å². The van der Waals surface area contributed by atoms with Gasteiger partial charge >= 0.3 is 0 Å². The number of hydrogen-bond acceptors (Lipinski definition) is 2. The first-order chi connectivity index (χ1) is 11.0. The number of nitrogens with two attached hydrogens (primary N) is 1. The molecule has 2 nitrogen and oxygen atoms in total. The lowest BCUT2D eigenvalue weighted by Gasteiger charge is -2.13. The molecule has 0 fully saturated rings. The maximum Gasteiger partial charge on any atom is 0.0505 e. The summed E-state index contributed by atoms with van der Waals surface area (Å²) in [5, 5.41) is 2.13. The molecule has 0 amide bonds. The fourth-order valence-corrected chi connectivity index (χ4v) is 3.34. The molecule has 0 aliphatic carbocycles. The number of nitrogens with zero attached hydrogens (tertiary/aromatic N) is 1. The molecule has 2 aromatic carbocycles. The first-order valence-corrected chi connectivity index (χ1v) is 8.13. The second-order valence-corrected chi connectivity index (χ2v) is 6.58. The zero-order chi connectivity index (χ0) is 16.6. The molecule has 23 heavy (non-hydrogen) atoms. The molecule has 0 aliphatic rings. The molecule has 116 valence electrons. The Labute approximate surface area is 153 Å². The van der Waals surface area contributed by atoms with Gasteiger partial charge in [-0.25, -0.2) is 0 Å². The maximum absolute atomic E-state index is 6.34. The Morgan fingerprint density at radius 2 is 1.09 bits per heavy atom. The van der Waals surface area contributed by atoms with Crippen molar-refractivity contribution in [1.29, 1.82) is 0 Å². The summed E-state index contributed by atoms with van der Waals surface area (Å²) in [7, 11) is 0. The molecule has 0 atom stereocenters. The number of anilines is 1. The van der Waals surface area contributed by atoms with Gasteiger partial charge in [-0.05, 0) is 24.3 Å². The van der Waals surface area contributed by atoms with E-state index in [1.54, 1.807) is 36.7 Å². The van der Waals surface area contributed by atoms with E-state index in [0.717, 1.165) is 22.3 Å². The molecule has 1 heterocycles. The molecule has 1 aromatic heterocycles. The molecule has 0 bridgehead atoms. The minimum atomic E-state index is 0.505. The van der Waals surface area contributed by atoms with Crippen molar-refractivity contribution in [1.82, 2.24) is 4.98 Å². The molecule has 0 unspecified atom stereocenters. The Hall–Kier alpha value is -1.45. The van der Waals surface area contributed by atoms with E-state index in [1.165, 1.54) is 0 Å². The number of nitrogen functional groups attached to an aromatic ring is 1. The van der Waals surface area contributed by atoms with Crippen LogP contribution in [0.3, 0.4) is 0 Å². The Kier molecular flexibility index (Phi) is 4.69. The average Bonchev–Trinajstić information content (AvgIpc) is 2.49. The van der Waals surface area contributed by atoms with Crippen LogP contribution in [0.2, 0.25) is 20.1 Å². The van der Waals surface area contributed by atoms with Crippen LogP contribution in [0.1, 0.15) is 0 Å². The molecule has 0 radical (unpaired) electrons. The number of pyridine rings is 1. The Balaban J connectivity index is 2.19. The van der Waals surface area contributed by atoms with Gasteiger partial charge in [-0.2, -0.15) is 0 Å². The van der Waals surface area contributed by atoms with E-state index in [0.29, 0.717) is 25.8 Å². The van der Waals surface area contributed by atoms with E-state index in [1.807, 2.05) is 12.1 Å². The fraction of sp³-hybridized carbons (Fsp3) is 0. The van der Waals surface area contributed by atoms with E-state index in [-0.39, 0.29) is 0 Å². The molecule has 3 aromatic rings. The topological polar surface area (TPSA) is 38.9 Å². The highest BCUT2D eigenvalue weighted by Gasteiger charge is 2.14. The third-order valence-electron chi connectivity index (χ3n) is 3.43. The van der Waals surface area contributed by atoms with Gasteiger partial charge in [0.15, 0.2) is 0 Å². The van der Waals surface area contributed by atoms with Crippen LogP contribution < -0.4 is 5.73 Å². The van der Waals surface area contributed by atoms with Crippen molar-refractivity contribution >= 4 is 52.1 Å². The Bertz CT molecular complexity index is 824. The predicted octanol–water partition coefficient (Wildman–Crippen LogP) is 6.61. The Morgan fingerprint density at radius 1 is 0.652 bits per heavy atom. The summed E-state index contributed by atoms with van der Waals surface area (Å²) in [4.78, 5) is 4.26. The van der Waals surface area contributed by atoms with Gasteiger partial charge in [-0.1, -0.05) is 58.5 Å².